The number of aromatic hydroxyl groups is 1. The van der Waals surface area contributed by atoms with Gasteiger partial charge in [-0.2, -0.15) is 0 Å². The normalized spacial score (nSPS) is 10.5. The molecule has 0 atom stereocenters. The first kappa shape index (κ1) is 15.5. The molecule has 0 aliphatic carbocycles. The molecule has 6 nitrogen and oxygen atoms in total. The first-order valence-electron chi connectivity index (χ1n) is 7.10. The number of ketones is 1. The van der Waals surface area contributed by atoms with E-state index in [0.717, 1.165) is 0 Å². The maximum absolute atomic E-state index is 12.5. The van der Waals surface area contributed by atoms with Crippen molar-refractivity contribution >= 4 is 22.7 Å². The Morgan fingerprint density at radius 1 is 1.04 bits per heavy atom. The Bertz CT molecular complexity index is 1010. The van der Waals surface area contributed by atoms with Crippen molar-refractivity contribution in [3.8, 4) is 5.75 Å². The van der Waals surface area contributed by atoms with Crippen molar-refractivity contribution in [1.82, 2.24) is 4.98 Å². The van der Waals surface area contributed by atoms with Crippen LogP contribution in [0.5, 0.6) is 5.75 Å². The zero-order chi connectivity index (χ0) is 17.3. The number of esters is 1. The second-order valence-electron chi connectivity index (χ2n) is 5.12. The molecule has 1 aromatic heterocycles. The monoisotopic (exact) mass is 323 g/mol. The average molecular weight is 323 g/mol. The third-order valence-electron chi connectivity index (χ3n) is 3.67. The first-order chi connectivity index (χ1) is 11.5. The molecule has 0 fully saturated rings. The Hall–Kier alpha value is -3.41. The van der Waals surface area contributed by atoms with Crippen molar-refractivity contribution < 1.29 is 19.4 Å². The second kappa shape index (κ2) is 6.00. The second-order valence-corrected chi connectivity index (χ2v) is 5.12. The molecule has 1 heterocycles. The van der Waals surface area contributed by atoms with Crippen LogP contribution in [0, 0.1) is 0 Å². The van der Waals surface area contributed by atoms with E-state index in [1.165, 1.54) is 25.3 Å². The van der Waals surface area contributed by atoms with E-state index in [9.17, 15) is 19.5 Å². The number of carbonyl (C=O) groups is 2. The number of fused-ring (bicyclic) bond motifs is 1. The number of rotatable bonds is 3. The number of methoxy groups -OCH3 is 1. The molecule has 120 valence electrons. The van der Waals surface area contributed by atoms with Crippen molar-refractivity contribution in [3.05, 3.63) is 75.6 Å². The molecule has 6 heteroatoms. The van der Waals surface area contributed by atoms with Gasteiger partial charge in [0.1, 0.15) is 11.3 Å². The molecule has 0 saturated heterocycles. The van der Waals surface area contributed by atoms with Crippen molar-refractivity contribution in [2.45, 2.75) is 0 Å². The summed E-state index contributed by atoms with van der Waals surface area (Å²) in [5, 5.41) is 10.7. The van der Waals surface area contributed by atoms with Gasteiger partial charge < -0.3 is 14.8 Å². The van der Waals surface area contributed by atoms with Crippen LogP contribution in [-0.4, -0.2) is 29.0 Å². The first-order valence-corrected chi connectivity index (χ1v) is 7.10. The summed E-state index contributed by atoms with van der Waals surface area (Å²) in [7, 11) is 1.24. The van der Waals surface area contributed by atoms with Crippen LogP contribution in [0.4, 0.5) is 0 Å². The van der Waals surface area contributed by atoms with Gasteiger partial charge in [-0.15, -0.1) is 0 Å². The summed E-state index contributed by atoms with van der Waals surface area (Å²) < 4.78 is 4.62. The van der Waals surface area contributed by atoms with Crippen LogP contribution in [0.3, 0.4) is 0 Å². The van der Waals surface area contributed by atoms with E-state index in [1.807, 2.05) is 0 Å². The molecule has 3 aromatic rings. The predicted octanol–water partition coefficient (Wildman–Crippen LogP) is 2.25. The van der Waals surface area contributed by atoms with Gasteiger partial charge in [0, 0.05) is 10.9 Å². The van der Waals surface area contributed by atoms with Gasteiger partial charge in [-0.05, 0) is 18.2 Å². The highest BCUT2D eigenvalue weighted by atomic mass is 16.5. The molecule has 0 saturated carbocycles. The maximum Gasteiger partial charge on any atom is 0.337 e. The van der Waals surface area contributed by atoms with Gasteiger partial charge in [-0.25, -0.2) is 4.79 Å². The number of hydrogen-bond donors (Lipinski definition) is 2. The maximum atomic E-state index is 12.5. The van der Waals surface area contributed by atoms with Gasteiger partial charge in [0.2, 0.25) is 5.78 Å². The number of ether oxygens (including phenoxy) is 1. The standard InChI is InChI=1S/C18H13NO5/c1-24-18(23)11-7-8-12-13(9-11)19-17(22)14(16(12)21)15(20)10-5-3-2-4-6-10/h2-9H,1H3,(H2,19,21,22). The van der Waals surface area contributed by atoms with Crippen LogP contribution >= 0.6 is 0 Å². The Morgan fingerprint density at radius 3 is 2.42 bits per heavy atom. The largest absolute Gasteiger partial charge is 0.506 e. The molecular weight excluding hydrogens is 310 g/mol. The molecule has 0 spiro atoms. The number of H-pyrrole nitrogens is 1. The number of benzene rings is 2. The van der Waals surface area contributed by atoms with Gasteiger partial charge in [0.15, 0.2) is 0 Å². The number of carbonyl (C=O) groups excluding carboxylic acids is 2. The van der Waals surface area contributed by atoms with Gasteiger partial charge in [0.25, 0.3) is 5.56 Å². The Labute approximate surface area is 136 Å². The molecule has 0 amide bonds. The van der Waals surface area contributed by atoms with E-state index in [-0.39, 0.29) is 22.0 Å². The van der Waals surface area contributed by atoms with Crippen molar-refractivity contribution in [2.75, 3.05) is 7.11 Å². The van der Waals surface area contributed by atoms with E-state index in [2.05, 4.69) is 9.72 Å². The average Bonchev–Trinajstić information content (AvgIpc) is 2.61. The van der Waals surface area contributed by atoms with Crippen LogP contribution in [0.2, 0.25) is 0 Å². The SMILES string of the molecule is COC(=O)c1ccc2c(O)c(C(=O)c3ccccc3)c(=O)[nH]c2c1. The van der Waals surface area contributed by atoms with Crippen molar-refractivity contribution in [1.29, 1.82) is 0 Å². The number of hydrogen-bond acceptors (Lipinski definition) is 5. The quantitative estimate of drug-likeness (QED) is 0.569. The fourth-order valence-electron chi connectivity index (χ4n) is 2.47. The summed E-state index contributed by atoms with van der Waals surface area (Å²) in [4.78, 5) is 38.8. The highest BCUT2D eigenvalue weighted by Crippen LogP contribution is 2.27. The Morgan fingerprint density at radius 2 is 1.75 bits per heavy atom. The minimum Gasteiger partial charge on any atom is -0.506 e. The van der Waals surface area contributed by atoms with E-state index in [0.29, 0.717) is 5.56 Å². The molecule has 0 unspecified atom stereocenters. The minimum absolute atomic E-state index is 0.224. The fraction of sp³-hybridized carbons (Fsp3) is 0.0556. The van der Waals surface area contributed by atoms with E-state index >= 15 is 0 Å². The highest BCUT2D eigenvalue weighted by molar-refractivity contribution is 6.13. The third kappa shape index (κ3) is 2.54. The molecule has 3 rings (SSSR count). The van der Waals surface area contributed by atoms with Gasteiger partial charge in [-0.3, -0.25) is 9.59 Å². The van der Waals surface area contributed by atoms with Crippen LogP contribution in [0.1, 0.15) is 26.3 Å². The van der Waals surface area contributed by atoms with E-state index in [1.54, 1.807) is 30.3 Å². The summed E-state index contributed by atoms with van der Waals surface area (Å²) in [6, 6.07) is 12.5. The van der Waals surface area contributed by atoms with Crippen LogP contribution in [0.25, 0.3) is 10.9 Å². The molecular formula is C18H13NO5. The summed E-state index contributed by atoms with van der Waals surface area (Å²) >= 11 is 0. The smallest absolute Gasteiger partial charge is 0.337 e. The Balaban J connectivity index is 2.19. The molecule has 0 aliphatic rings. The number of pyridine rings is 1. The zero-order valence-corrected chi connectivity index (χ0v) is 12.7. The zero-order valence-electron chi connectivity index (χ0n) is 12.7. The minimum atomic E-state index is -0.726. The lowest BCUT2D eigenvalue weighted by atomic mass is 10.0. The molecule has 2 aromatic carbocycles. The Kier molecular flexibility index (Phi) is 3.87. The van der Waals surface area contributed by atoms with Crippen LogP contribution in [-0.2, 0) is 4.74 Å². The molecule has 0 radical (unpaired) electrons. The summed E-state index contributed by atoms with van der Waals surface area (Å²) in [5.74, 6) is -1.56. The van der Waals surface area contributed by atoms with Gasteiger partial charge in [0.05, 0.1) is 18.2 Å². The van der Waals surface area contributed by atoms with Crippen molar-refractivity contribution in [3.63, 3.8) is 0 Å². The van der Waals surface area contributed by atoms with Crippen molar-refractivity contribution in [2.24, 2.45) is 0 Å². The molecule has 2 N–H and O–H groups in total. The number of nitrogens with one attached hydrogen (secondary N) is 1. The lowest BCUT2D eigenvalue weighted by Crippen LogP contribution is -2.19. The topological polar surface area (TPSA) is 96.5 Å². The summed E-state index contributed by atoms with van der Waals surface area (Å²) in [6.45, 7) is 0. The van der Waals surface area contributed by atoms with E-state index < -0.39 is 23.1 Å². The van der Waals surface area contributed by atoms with Gasteiger partial charge >= 0.3 is 5.97 Å². The number of aromatic nitrogens is 1. The number of aromatic amines is 1. The third-order valence-corrected chi connectivity index (χ3v) is 3.67. The fourth-order valence-corrected chi connectivity index (χ4v) is 2.47. The van der Waals surface area contributed by atoms with Crippen LogP contribution < -0.4 is 5.56 Å². The molecule has 0 aliphatic heterocycles. The lowest BCUT2D eigenvalue weighted by Gasteiger charge is -2.08. The summed E-state index contributed by atoms with van der Waals surface area (Å²) in [6.07, 6.45) is 0. The molecule has 0 bridgehead atoms. The van der Waals surface area contributed by atoms with Crippen LogP contribution in [0.15, 0.2) is 53.3 Å². The van der Waals surface area contributed by atoms with E-state index in [4.69, 9.17) is 0 Å². The highest BCUT2D eigenvalue weighted by Gasteiger charge is 2.21. The lowest BCUT2D eigenvalue weighted by molar-refractivity contribution is 0.0600. The summed E-state index contributed by atoms with van der Waals surface area (Å²) in [5.41, 5.74) is -0.300. The van der Waals surface area contributed by atoms with Gasteiger partial charge in [-0.1, -0.05) is 30.3 Å². The predicted molar refractivity (Wildman–Crippen MR) is 87.4 cm³/mol. The molecule has 24 heavy (non-hydrogen) atoms.